The van der Waals surface area contributed by atoms with Gasteiger partial charge in [-0.05, 0) is 30.7 Å². The average Bonchev–Trinajstić information content (AvgIpc) is 2.46. The fraction of sp³-hybridized carbons (Fsp3) is 0.200. The van der Waals surface area contributed by atoms with Crippen molar-refractivity contribution in [2.45, 2.75) is 17.6 Å². The summed E-state index contributed by atoms with van der Waals surface area (Å²) in [6, 6.07) is 13.2. The van der Waals surface area contributed by atoms with Gasteiger partial charge in [0.1, 0.15) is 0 Å². The van der Waals surface area contributed by atoms with Crippen molar-refractivity contribution in [2.24, 2.45) is 0 Å². The number of aryl methyl sites for hydroxylation is 1. The zero-order valence-corrected chi connectivity index (χ0v) is 12.2. The van der Waals surface area contributed by atoms with Gasteiger partial charge in [0.05, 0.1) is 4.92 Å². The zero-order valence-electron chi connectivity index (χ0n) is 11.4. The van der Waals surface area contributed by atoms with E-state index in [9.17, 15) is 10.1 Å². The Labute approximate surface area is 122 Å². The third-order valence-electron chi connectivity index (χ3n) is 2.98. The van der Waals surface area contributed by atoms with Crippen molar-refractivity contribution in [3.63, 3.8) is 0 Å². The Morgan fingerprint density at radius 3 is 2.50 bits per heavy atom. The number of hydrogen-bond acceptors (Lipinski definition) is 4. The van der Waals surface area contributed by atoms with Crippen LogP contribution in [0.5, 0.6) is 0 Å². The Hall–Kier alpha value is -2.01. The number of nitro benzene ring substituents is 1. The van der Waals surface area contributed by atoms with E-state index in [1.165, 1.54) is 11.6 Å². The molecule has 1 N–H and O–H groups in total. The quantitative estimate of drug-likeness (QED) is 0.508. The van der Waals surface area contributed by atoms with Gasteiger partial charge >= 0.3 is 0 Å². The molecule has 0 aliphatic heterocycles. The monoisotopic (exact) mass is 288 g/mol. The molecule has 0 heterocycles. The van der Waals surface area contributed by atoms with Crippen LogP contribution in [0.25, 0.3) is 0 Å². The van der Waals surface area contributed by atoms with Gasteiger partial charge in [0.15, 0.2) is 0 Å². The summed E-state index contributed by atoms with van der Waals surface area (Å²) < 4.78 is 0. The third kappa shape index (κ3) is 3.51. The van der Waals surface area contributed by atoms with E-state index in [0.717, 1.165) is 16.1 Å². The average molecular weight is 288 g/mol. The molecule has 0 bridgehead atoms. The summed E-state index contributed by atoms with van der Waals surface area (Å²) in [5.74, 6) is 0.695. The SMILES string of the molecule is CNc1ccc([N+](=O)[O-])cc1CSc1ccc(C)cc1. The summed E-state index contributed by atoms with van der Waals surface area (Å²) in [7, 11) is 1.82. The standard InChI is InChI=1S/C15H16N2O2S/c1-11-3-6-14(7-4-11)20-10-12-9-13(17(18)19)5-8-15(12)16-2/h3-9,16H,10H2,1-2H3. The van der Waals surface area contributed by atoms with Crippen molar-refractivity contribution in [2.75, 3.05) is 12.4 Å². The van der Waals surface area contributed by atoms with Gasteiger partial charge < -0.3 is 5.32 Å². The predicted molar refractivity (Wildman–Crippen MR) is 83.4 cm³/mol. The molecule has 0 unspecified atom stereocenters. The number of rotatable bonds is 5. The summed E-state index contributed by atoms with van der Waals surface area (Å²) in [4.78, 5) is 11.6. The molecule has 0 aliphatic carbocycles. The molecule has 0 fully saturated rings. The number of thioether (sulfide) groups is 1. The Kier molecular flexibility index (Phi) is 4.63. The molecule has 20 heavy (non-hydrogen) atoms. The maximum absolute atomic E-state index is 10.8. The van der Waals surface area contributed by atoms with Crippen LogP contribution in [0.2, 0.25) is 0 Å². The highest BCUT2D eigenvalue weighted by Crippen LogP contribution is 2.29. The molecular formula is C15H16N2O2S. The minimum absolute atomic E-state index is 0.128. The van der Waals surface area contributed by atoms with E-state index in [4.69, 9.17) is 0 Å². The molecule has 0 spiro atoms. The molecule has 2 aromatic rings. The van der Waals surface area contributed by atoms with Gasteiger partial charge in [-0.1, -0.05) is 17.7 Å². The molecule has 4 nitrogen and oxygen atoms in total. The van der Waals surface area contributed by atoms with Gasteiger partial charge in [0.25, 0.3) is 5.69 Å². The van der Waals surface area contributed by atoms with Crippen molar-refractivity contribution < 1.29 is 4.92 Å². The maximum Gasteiger partial charge on any atom is 0.269 e. The van der Waals surface area contributed by atoms with Gasteiger partial charge in [-0.15, -0.1) is 11.8 Å². The van der Waals surface area contributed by atoms with Crippen LogP contribution in [-0.2, 0) is 5.75 Å². The molecule has 0 radical (unpaired) electrons. The highest BCUT2D eigenvalue weighted by Gasteiger charge is 2.10. The largest absolute Gasteiger partial charge is 0.388 e. The van der Waals surface area contributed by atoms with Gasteiger partial charge in [-0.25, -0.2) is 0 Å². The fourth-order valence-corrected chi connectivity index (χ4v) is 2.74. The number of hydrogen-bond donors (Lipinski definition) is 1. The highest BCUT2D eigenvalue weighted by atomic mass is 32.2. The zero-order chi connectivity index (χ0) is 14.5. The summed E-state index contributed by atoms with van der Waals surface area (Å²) in [6.45, 7) is 2.05. The topological polar surface area (TPSA) is 55.2 Å². The molecule has 0 amide bonds. The van der Waals surface area contributed by atoms with E-state index >= 15 is 0 Å². The number of nitro groups is 1. The summed E-state index contributed by atoms with van der Waals surface area (Å²) >= 11 is 1.67. The number of non-ortho nitro benzene ring substituents is 1. The van der Waals surface area contributed by atoms with Gasteiger partial charge in [0.2, 0.25) is 0 Å². The summed E-state index contributed by atoms with van der Waals surface area (Å²) in [6.07, 6.45) is 0. The van der Waals surface area contributed by atoms with E-state index in [0.29, 0.717) is 5.75 Å². The number of nitrogens with zero attached hydrogens (tertiary/aromatic N) is 1. The number of benzene rings is 2. The molecule has 0 aromatic heterocycles. The van der Waals surface area contributed by atoms with Crippen molar-refractivity contribution in [1.82, 2.24) is 0 Å². The van der Waals surface area contributed by atoms with Crippen LogP contribution in [-0.4, -0.2) is 12.0 Å². The van der Waals surface area contributed by atoms with E-state index < -0.39 is 0 Å². The number of anilines is 1. The van der Waals surface area contributed by atoms with Crippen LogP contribution in [0, 0.1) is 17.0 Å². The maximum atomic E-state index is 10.8. The normalized spacial score (nSPS) is 10.3. The minimum atomic E-state index is -0.362. The van der Waals surface area contributed by atoms with E-state index in [-0.39, 0.29) is 10.6 Å². The minimum Gasteiger partial charge on any atom is -0.388 e. The first-order chi connectivity index (χ1) is 9.60. The molecule has 104 valence electrons. The van der Waals surface area contributed by atoms with Crippen LogP contribution in [0.15, 0.2) is 47.4 Å². The molecule has 2 aromatic carbocycles. The number of nitrogens with one attached hydrogen (secondary N) is 1. The van der Waals surface area contributed by atoms with E-state index in [2.05, 4.69) is 29.6 Å². The molecule has 2 rings (SSSR count). The van der Waals surface area contributed by atoms with Crippen molar-refractivity contribution in [3.8, 4) is 0 Å². The lowest BCUT2D eigenvalue weighted by molar-refractivity contribution is -0.384. The van der Waals surface area contributed by atoms with Crippen molar-refractivity contribution in [3.05, 3.63) is 63.7 Å². The van der Waals surface area contributed by atoms with Gasteiger partial charge in [0, 0.05) is 35.5 Å². The second kappa shape index (κ2) is 6.43. The predicted octanol–water partition coefficient (Wildman–Crippen LogP) is 4.24. The van der Waals surface area contributed by atoms with Crippen molar-refractivity contribution in [1.29, 1.82) is 0 Å². The van der Waals surface area contributed by atoms with Gasteiger partial charge in [-0.2, -0.15) is 0 Å². The Morgan fingerprint density at radius 2 is 1.90 bits per heavy atom. The second-order valence-corrected chi connectivity index (χ2v) is 5.50. The lowest BCUT2D eigenvalue weighted by Gasteiger charge is -2.09. The summed E-state index contributed by atoms with van der Waals surface area (Å²) in [5.41, 5.74) is 3.21. The Morgan fingerprint density at radius 1 is 1.20 bits per heavy atom. The third-order valence-corrected chi connectivity index (χ3v) is 4.05. The Balaban J connectivity index is 2.16. The molecule has 0 saturated heterocycles. The Bertz CT molecular complexity index is 612. The van der Waals surface area contributed by atoms with Gasteiger partial charge in [-0.3, -0.25) is 10.1 Å². The lowest BCUT2D eigenvalue weighted by atomic mass is 10.2. The van der Waals surface area contributed by atoms with Crippen LogP contribution >= 0.6 is 11.8 Å². The molecule has 5 heteroatoms. The highest BCUT2D eigenvalue weighted by molar-refractivity contribution is 7.98. The molecule has 0 atom stereocenters. The van der Waals surface area contributed by atoms with E-state index in [1.807, 2.05) is 14.0 Å². The van der Waals surface area contributed by atoms with Crippen molar-refractivity contribution >= 4 is 23.1 Å². The smallest absolute Gasteiger partial charge is 0.269 e. The first-order valence-corrected chi connectivity index (χ1v) is 7.23. The van der Waals surface area contributed by atoms with Crippen LogP contribution in [0.3, 0.4) is 0 Å². The van der Waals surface area contributed by atoms with E-state index in [1.54, 1.807) is 23.9 Å². The first-order valence-electron chi connectivity index (χ1n) is 6.24. The fourth-order valence-electron chi connectivity index (χ4n) is 1.85. The lowest BCUT2D eigenvalue weighted by Crippen LogP contribution is -1.96. The molecule has 0 aliphatic rings. The molecule has 0 saturated carbocycles. The van der Waals surface area contributed by atoms with Crippen LogP contribution in [0.4, 0.5) is 11.4 Å². The first kappa shape index (κ1) is 14.4. The van der Waals surface area contributed by atoms with Crippen LogP contribution < -0.4 is 5.32 Å². The molecular weight excluding hydrogens is 272 g/mol. The van der Waals surface area contributed by atoms with Crippen LogP contribution in [0.1, 0.15) is 11.1 Å². The second-order valence-electron chi connectivity index (χ2n) is 4.45. The summed E-state index contributed by atoms with van der Waals surface area (Å²) in [5, 5.41) is 13.9.